The van der Waals surface area contributed by atoms with E-state index in [9.17, 15) is 4.79 Å². The molecule has 0 unspecified atom stereocenters. The van der Waals surface area contributed by atoms with Crippen LogP contribution in [-0.2, 0) is 16.1 Å². The maximum atomic E-state index is 11.9. The van der Waals surface area contributed by atoms with Crippen molar-refractivity contribution < 1.29 is 13.9 Å². The lowest BCUT2D eigenvalue weighted by Crippen LogP contribution is -2.46. The van der Waals surface area contributed by atoms with Gasteiger partial charge in [-0.3, -0.25) is 9.79 Å². The molecular formula is C22H27IN4O3S. The summed E-state index contributed by atoms with van der Waals surface area (Å²) in [4.78, 5) is 23.1. The highest BCUT2D eigenvalue weighted by atomic mass is 127. The molecule has 1 saturated heterocycles. The zero-order chi connectivity index (χ0) is 20.9. The van der Waals surface area contributed by atoms with Crippen molar-refractivity contribution in [2.75, 3.05) is 26.7 Å². The van der Waals surface area contributed by atoms with Crippen molar-refractivity contribution in [2.45, 2.75) is 26.3 Å². The molecule has 0 amide bonds. The first-order valence-corrected chi connectivity index (χ1v) is 11.1. The van der Waals surface area contributed by atoms with E-state index in [1.165, 1.54) is 0 Å². The number of fused-ring (bicyclic) bond motifs is 1. The number of halogens is 1. The number of aromatic nitrogens is 1. The fourth-order valence-corrected chi connectivity index (χ4v) is 4.58. The van der Waals surface area contributed by atoms with Crippen molar-refractivity contribution >= 4 is 57.5 Å². The Labute approximate surface area is 202 Å². The van der Waals surface area contributed by atoms with Crippen LogP contribution in [0.25, 0.3) is 21.0 Å². The second-order valence-corrected chi connectivity index (χ2v) is 8.20. The van der Waals surface area contributed by atoms with Gasteiger partial charge in [0.05, 0.1) is 29.3 Å². The number of hydrogen-bond acceptors (Lipinski definition) is 6. The highest BCUT2D eigenvalue weighted by Gasteiger charge is 2.27. The number of likely N-dealkylation sites (tertiary alicyclic amines) is 1. The molecule has 1 aliphatic rings. The molecule has 1 N–H and O–H groups in total. The van der Waals surface area contributed by atoms with Crippen molar-refractivity contribution in [1.29, 1.82) is 0 Å². The predicted octanol–water partition coefficient (Wildman–Crippen LogP) is 4.52. The number of rotatable bonds is 5. The molecule has 0 aliphatic carbocycles. The molecule has 0 atom stereocenters. The molecule has 0 saturated carbocycles. The number of esters is 1. The summed E-state index contributed by atoms with van der Waals surface area (Å²) in [7, 11) is 1.77. The summed E-state index contributed by atoms with van der Waals surface area (Å²) >= 11 is 1.63. The second-order valence-electron chi connectivity index (χ2n) is 7.17. The second kappa shape index (κ2) is 10.9. The number of carbonyl (C=O) groups excluding carboxylic acids is 1. The molecule has 1 aliphatic heterocycles. The van der Waals surface area contributed by atoms with Crippen LogP contribution in [-0.4, -0.2) is 48.6 Å². The lowest BCUT2D eigenvalue weighted by molar-refractivity contribution is -0.149. The van der Waals surface area contributed by atoms with E-state index in [1.807, 2.05) is 37.3 Å². The summed E-state index contributed by atoms with van der Waals surface area (Å²) in [5, 5.41) is 4.25. The maximum absolute atomic E-state index is 11.9. The third-order valence-corrected chi connectivity index (χ3v) is 6.26. The van der Waals surface area contributed by atoms with E-state index in [0.29, 0.717) is 13.2 Å². The van der Waals surface area contributed by atoms with Crippen molar-refractivity contribution in [1.82, 2.24) is 15.2 Å². The lowest BCUT2D eigenvalue weighted by Gasteiger charge is -2.33. The molecule has 9 heteroatoms. The van der Waals surface area contributed by atoms with Crippen molar-refractivity contribution in [3.8, 4) is 10.8 Å². The third kappa shape index (κ3) is 5.57. The summed E-state index contributed by atoms with van der Waals surface area (Å²) in [5.41, 5.74) is 0.986. The summed E-state index contributed by atoms with van der Waals surface area (Å²) in [6.07, 6.45) is 1.56. The zero-order valence-corrected chi connectivity index (χ0v) is 20.8. The van der Waals surface area contributed by atoms with Crippen LogP contribution in [0, 0.1) is 5.92 Å². The van der Waals surface area contributed by atoms with Gasteiger partial charge >= 0.3 is 5.97 Å². The molecule has 7 nitrogen and oxygen atoms in total. The molecule has 3 heterocycles. The van der Waals surface area contributed by atoms with E-state index in [2.05, 4.69) is 26.3 Å². The normalized spacial score (nSPS) is 15.0. The van der Waals surface area contributed by atoms with Gasteiger partial charge in [0.2, 0.25) is 0 Å². The SMILES string of the molecule is CCOC(=O)C1CCN(C(=NC)NCc2ccc(-c3nc4ccccc4s3)o2)CC1.I. The number of nitrogens with zero attached hydrogens (tertiary/aromatic N) is 3. The minimum Gasteiger partial charge on any atom is -0.466 e. The van der Waals surface area contributed by atoms with Crippen LogP contribution >= 0.6 is 35.3 Å². The monoisotopic (exact) mass is 554 g/mol. The van der Waals surface area contributed by atoms with Gasteiger partial charge in [-0.15, -0.1) is 35.3 Å². The Balaban J connectivity index is 0.00000272. The molecule has 0 bridgehead atoms. The molecule has 31 heavy (non-hydrogen) atoms. The molecule has 4 rings (SSSR count). The van der Waals surface area contributed by atoms with Gasteiger partial charge in [-0.25, -0.2) is 4.98 Å². The summed E-state index contributed by atoms with van der Waals surface area (Å²) in [6.45, 7) is 4.37. The predicted molar refractivity (Wildman–Crippen MR) is 134 cm³/mol. The third-order valence-electron chi connectivity index (χ3n) is 5.21. The highest BCUT2D eigenvalue weighted by Crippen LogP contribution is 2.31. The molecule has 3 aromatic rings. The number of guanidine groups is 1. The minimum atomic E-state index is -0.0851. The molecule has 2 aromatic heterocycles. The van der Waals surface area contributed by atoms with Gasteiger partial charge in [0, 0.05) is 20.1 Å². The standard InChI is InChI=1S/C22H26N4O3S.HI/c1-3-28-21(27)15-10-12-26(13-11-15)22(23-2)24-14-16-8-9-18(29-16)20-25-17-6-4-5-7-19(17)30-20;/h4-9,15H,3,10-14H2,1-2H3,(H,23,24);1H. The zero-order valence-electron chi connectivity index (χ0n) is 17.7. The van der Waals surface area contributed by atoms with Gasteiger partial charge in [0.15, 0.2) is 16.7 Å². The quantitative estimate of drug-likeness (QED) is 0.216. The van der Waals surface area contributed by atoms with E-state index in [4.69, 9.17) is 9.15 Å². The van der Waals surface area contributed by atoms with Crippen LogP contribution < -0.4 is 5.32 Å². The molecule has 1 aromatic carbocycles. The Morgan fingerprint density at radius 2 is 2.06 bits per heavy atom. The van der Waals surface area contributed by atoms with E-state index in [0.717, 1.165) is 58.6 Å². The molecule has 0 radical (unpaired) electrons. The average Bonchev–Trinajstić information content (AvgIpc) is 3.41. The van der Waals surface area contributed by atoms with Gasteiger partial charge in [-0.05, 0) is 44.0 Å². The number of piperidine rings is 1. The summed E-state index contributed by atoms with van der Waals surface area (Å²) in [5.74, 6) is 2.32. The molecule has 166 valence electrons. The fraction of sp³-hybridized carbons (Fsp3) is 0.409. The van der Waals surface area contributed by atoms with Crippen molar-refractivity contribution in [3.63, 3.8) is 0 Å². The fourth-order valence-electron chi connectivity index (χ4n) is 3.65. The minimum absolute atomic E-state index is 0. The first-order chi connectivity index (χ1) is 14.7. The Morgan fingerprint density at radius 1 is 1.29 bits per heavy atom. The van der Waals surface area contributed by atoms with Gasteiger partial charge in [0.1, 0.15) is 5.76 Å². The number of carbonyl (C=O) groups is 1. The van der Waals surface area contributed by atoms with E-state index < -0.39 is 0 Å². The summed E-state index contributed by atoms with van der Waals surface area (Å²) < 4.78 is 12.3. The van der Waals surface area contributed by atoms with Crippen LogP contribution in [0.3, 0.4) is 0 Å². The average molecular weight is 554 g/mol. The number of thiazole rings is 1. The van der Waals surface area contributed by atoms with Gasteiger partial charge in [0.25, 0.3) is 0 Å². The number of benzene rings is 1. The first kappa shape index (κ1) is 23.5. The number of ether oxygens (including phenoxy) is 1. The van der Waals surface area contributed by atoms with Gasteiger partial charge in [-0.1, -0.05) is 12.1 Å². The number of hydrogen-bond donors (Lipinski definition) is 1. The number of aliphatic imine (C=N–C) groups is 1. The van der Waals surface area contributed by atoms with E-state index in [1.54, 1.807) is 18.4 Å². The van der Waals surface area contributed by atoms with Crippen LogP contribution in [0.4, 0.5) is 0 Å². The Bertz CT molecular complexity index is 1010. The van der Waals surface area contributed by atoms with Crippen LogP contribution in [0.5, 0.6) is 0 Å². The Kier molecular flexibility index (Phi) is 8.30. The highest BCUT2D eigenvalue weighted by molar-refractivity contribution is 14.0. The van der Waals surface area contributed by atoms with Crippen LogP contribution in [0.2, 0.25) is 0 Å². The largest absolute Gasteiger partial charge is 0.466 e. The smallest absolute Gasteiger partial charge is 0.309 e. The van der Waals surface area contributed by atoms with Crippen molar-refractivity contribution in [2.24, 2.45) is 10.9 Å². The van der Waals surface area contributed by atoms with Crippen LogP contribution in [0.15, 0.2) is 45.8 Å². The van der Waals surface area contributed by atoms with Gasteiger partial charge < -0.3 is 19.4 Å². The molecule has 0 spiro atoms. The van der Waals surface area contributed by atoms with E-state index in [-0.39, 0.29) is 35.9 Å². The topological polar surface area (TPSA) is 80.0 Å². The molecule has 1 fully saturated rings. The number of furan rings is 1. The van der Waals surface area contributed by atoms with E-state index >= 15 is 0 Å². The maximum Gasteiger partial charge on any atom is 0.309 e. The summed E-state index contributed by atoms with van der Waals surface area (Å²) in [6, 6.07) is 12.0. The Hall–Kier alpha value is -2.14. The number of para-hydroxylation sites is 1. The van der Waals surface area contributed by atoms with Crippen molar-refractivity contribution in [3.05, 3.63) is 42.2 Å². The molecular weight excluding hydrogens is 527 g/mol. The van der Waals surface area contributed by atoms with Crippen LogP contribution in [0.1, 0.15) is 25.5 Å². The Morgan fingerprint density at radius 3 is 2.77 bits per heavy atom. The van der Waals surface area contributed by atoms with Gasteiger partial charge in [-0.2, -0.15) is 0 Å². The number of nitrogens with one attached hydrogen (secondary N) is 1. The first-order valence-electron chi connectivity index (χ1n) is 10.2. The lowest BCUT2D eigenvalue weighted by atomic mass is 9.97.